The average Bonchev–Trinajstić information content (AvgIpc) is 3.74. The van der Waals surface area contributed by atoms with Gasteiger partial charge in [-0.15, -0.1) is 0 Å². The first-order valence-electron chi connectivity index (χ1n) is 21.0. The van der Waals surface area contributed by atoms with Crippen LogP contribution in [-0.4, -0.2) is 162 Å². The van der Waals surface area contributed by atoms with Crippen LogP contribution in [0.4, 0.5) is 0 Å². The molecule has 7 rings (SSSR count). The van der Waals surface area contributed by atoms with Crippen molar-refractivity contribution in [2.45, 2.75) is 191 Å². The van der Waals surface area contributed by atoms with E-state index >= 15 is 0 Å². The summed E-state index contributed by atoms with van der Waals surface area (Å²) in [7, 11) is 0. The molecule has 22 atom stereocenters. The van der Waals surface area contributed by atoms with Crippen molar-refractivity contribution in [2.75, 3.05) is 19.8 Å². The van der Waals surface area contributed by atoms with Crippen LogP contribution in [0.2, 0.25) is 0 Å². The minimum atomic E-state index is -1.69. The second-order valence-corrected chi connectivity index (χ2v) is 20.6. The molecule has 3 aliphatic heterocycles. The highest BCUT2D eigenvalue weighted by molar-refractivity contribution is 5.22. The van der Waals surface area contributed by atoms with Crippen LogP contribution in [-0.2, 0) is 23.7 Å². The summed E-state index contributed by atoms with van der Waals surface area (Å²) in [6, 6.07) is 0. The van der Waals surface area contributed by atoms with Gasteiger partial charge in [-0.25, -0.2) is 0 Å². The lowest BCUT2D eigenvalue weighted by atomic mass is 9.34. The molecule has 15 heteroatoms. The lowest BCUT2D eigenvalue weighted by molar-refractivity contribution is -0.377. The first-order chi connectivity index (χ1) is 26.0. The molecule has 22 unspecified atom stereocenters. The summed E-state index contributed by atoms with van der Waals surface area (Å²) < 4.78 is 31.5. The molecular weight excluding hydrogens is 732 g/mol. The van der Waals surface area contributed by atoms with E-state index < -0.39 is 126 Å². The zero-order valence-corrected chi connectivity index (χ0v) is 34.1. The summed E-state index contributed by atoms with van der Waals surface area (Å²) in [6.07, 6.45) is -10.8. The van der Waals surface area contributed by atoms with Gasteiger partial charge in [0, 0.05) is 0 Å². The fraction of sp³-hybridized carbons (Fsp3) is 1.00. The number of aliphatic hydroxyl groups excluding tert-OH is 9. The van der Waals surface area contributed by atoms with Crippen LogP contribution >= 0.6 is 0 Å². The van der Waals surface area contributed by atoms with Crippen molar-refractivity contribution in [3.63, 3.8) is 0 Å². The van der Waals surface area contributed by atoms with E-state index in [0.717, 1.165) is 12.8 Å². The van der Waals surface area contributed by atoms with Crippen LogP contribution in [0.15, 0.2) is 0 Å². The topological polar surface area (TPSA) is 248 Å². The highest BCUT2D eigenvalue weighted by Gasteiger charge is 2.74. The van der Waals surface area contributed by atoms with Crippen LogP contribution in [0.3, 0.4) is 0 Å². The van der Waals surface area contributed by atoms with Gasteiger partial charge in [0.1, 0.15) is 48.3 Å². The maximum Gasteiger partial charge on any atom is 0.187 e. The molecule has 0 bridgehead atoms. The largest absolute Gasteiger partial charge is 0.394 e. The van der Waals surface area contributed by atoms with E-state index in [1.807, 2.05) is 13.8 Å². The van der Waals surface area contributed by atoms with Gasteiger partial charge in [0.15, 0.2) is 12.6 Å². The van der Waals surface area contributed by atoms with Crippen LogP contribution in [0, 0.1) is 45.3 Å². The van der Waals surface area contributed by atoms with Crippen molar-refractivity contribution in [2.24, 2.45) is 45.3 Å². The van der Waals surface area contributed by atoms with Crippen molar-refractivity contribution < 1.29 is 74.7 Å². The summed E-state index contributed by atoms with van der Waals surface area (Å²) >= 11 is 0. The number of ether oxygens (including phenoxy) is 5. The molecule has 4 aliphatic carbocycles. The third-order valence-corrected chi connectivity index (χ3v) is 17.2. The Kier molecular flexibility index (Phi) is 11.5. The number of rotatable bonds is 8. The fourth-order valence-electron chi connectivity index (χ4n) is 13.9. The molecule has 4 saturated carbocycles. The van der Waals surface area contributed by atoms with Crippen molar-refractivity contribution in [3.05, 3.63) is 0 Å². The average molecular weight is 803 g/mol. The predicted octanol–water partition coefficient (Wildman–Crippen LogP) is -0.0575. The van der Waals surface area contributed by atoms with E-state index in [2.05, 4.69) is 27.7 Å². The number of aliphatic hydroxyl groups is 10. The first-order valence-corrected chi connectivity index (χ1v) is 21.0. The van der Waals surface area contributed by atoms with Gasteiger partial charge in [0.25, 0.3) is 0 Å². The van der Waals surface area contributed by atoms with Crippen LogP contribution in [0.25, 0.3) is 0 Å². The van der Waals surface area contributed by atoms with E-state index in [1.54, 1.807) is 6.92 Å². The van der Waals surface area contributed by atoms with E-state index in [-0.39, 0.29) is 30.3 Å². The minimum absolute atomic E-state index is 0.0218. The Hall–Kier alpha value is -0.600. The highest BCUT2D eigenvalue weighted by atomic mass is 16.8. The SMILES string of the molecule is CC(O)(CO)C1CCC(C)(C2CCC3(C)C2C(O)CC2C4(C)CCC(O)C(C)(C)C4C(OC4OC(CO)C(O)C(O)C4OC4OCC(O)C(O)C4O)CC23C)O1. The zero-order valence-electron chi connectivity index (χ0n) is 34.1. The van der Waals surface area contributed by atoms with Crippen LogP contribution in [0.1, 0.15) is 99.8 Å². The molecule has 0 spiro atoms. The molecule has 0 aromatic carbocycles. The molecule has 56 heavy (non-hydrogen) atoms. The van der Waals surface area contributed by atoms with Crippen molar-refractivity contribution in [1.29, 1.82) is 0 Å². The van der Waals surface area contributed by atoms with E-state index in [4.69, 9.17) is 23.7 Å². The van der Waals surface area contributed by atoms with Gasteiger partial charge in [-0.1, -0.05) is 34.6 Å². The maximum atomic E-state index is 12.4. The van der Waals surface area contributed by atoms with E-state index in [1.165, 1.54) is 0 Å². The maximum absolute atomic E-state index is 12.4. The third kappa shape index (κ3) is 6.48. The van der Waals surface area contributed by atoms with Crippen molar-refractivity contribution >= 4 is 0 Å². The molecule has 0 aromatic heterocycles. The molecule has 15 nitrogen and oxygen atoms in total. The molecule has 0 radical (unpaired) electrons. The summed E-state index contributed by atoms with van der Waals surface area (Å²) in [6.45, 7) is 13.2. The zero-order chi connectivity index (χ0) is 41.1. The van der Waals surface area contributed by atoms with E-state index in [0.29, 0.717) is 38.5 Å². The second kappa shape index (κ2) is 14.8. The van der Waals surface area contributed by atoms with Gasteiger partial charge in [0.2, 0.25) is 0 Å². The smallest absolute Gasteiger partial charge is 0.187 e. The molecule has 7 fully saturated rings. The molecule has 0 amide bonds. The Balaban J connectivity index is 1.25. The van der Waals surface area contributed by atoms with Gasteiger partial charge >= 0.3 is 0 Å². The van der Waals surface area contributed by atoms with Gasteiger partial charge in [-0.2, -0.15) is 0 Å². The summed E-state index contributed by atoms with van der Waals surface area (Å²) in [5.41, 5.74) is -3.99. The Bertz CT molecular complexity index is 1420. The standard InChI is InChI=1S/C41H70O15/c1-36(2)25(46)9-11-37(3)24-14-20(44)27-19(41(7)13-10-26(56-41)40(6,51)18-43)8-12-38(27,4)39(24,5)15-22(33(36)37)53-35-32(30(49)29(48)23(16-42)54-35)55-34-31(50)28(47)21(45)17-52-34/h19-35,42-51H,8-18H2,1-7H3. The number of hydrogen-bond donors (Lipinski definition) is 10. The molecule has 3 heterocycles. The highest BCUT2D eigenvalue weighted by Crippen LogP contribution is 2.76. The second-order valence-electron chi connectivity index (χ2n) is 20.6. The van der Waals surface area contributed by atoms with E-state index in [9.17, 15) is 51.1 Å². The quantitative estimate of drug-likeness (QED) is 0.145. The Morgan fingerprint density at radius 2 is 1.45 bits per heavy atom. The fourth-order valence-corrected chi connectivity index (χ4v) is 13.9. The lowest BCUT2D eigenvalue weighted by Gasteiger charge is -2.72. The molecule has 0 aromatic rings. The third-order valence-electron chi connectivity index (χ3n) is 17.2. The van der Waals surface area contributed by atoms with Gasteiger partial charge < -0.3 is 74.7 Å². The molecule has 7 aliphatic rings. The molecule has 10 N–H and O–H groups in total. The minimum Gasteiger partial charge on any atom is -0.394 e. The lowest BCUT2D eigenvalue weighted by Crippen LogP contribution is -2.71. The summed E-state index contributed by atoms with van der Waals surface area (Å²) in [4.78, 5) is 0. The monoisotopic (exact) mass is 802 g/mol. The molecule has 3 saturated heterocycles. The Labute approximate surface area is 330 Å². The normalized spacial score (nSPS) is 56.8. The summed E-state index contributed by atoms with van der Waals surface area (Å²) in [5.74, 6) is -0.434. The summed E-state index contributed by atoms with van der Waals surface area (Å²) in [5, 5.41) is 109. The number of fused-ring (bicyclic) bond motifs is 5. The van der Waals surface area contributed by atoms with Gasteiger partial charge in [0.05, 0.1) is 49.8 Å². The van der Waals surface area contributed by atoms with Crippen LogP contribution in [0.5, 0.6) is 0 Å². The van der Waals surface area contributed by atoms with Crippen LogP contribution < -0.4 is 0 Å². The van der Waals surface area contributed by atoms with Crippen molar-refractivity contribution in [1.82, 2.24) is 0 Å². The Morgan fingerprint density at radius 1 is 0.750 bits per heavy atom. The van der Waals surface area contributed by atoms with Gasteiger partial charge in [-0.05, 0) is 111 Å². The van der Waals surface area contributed by atoms with Crippen molar-refractivity contribution in [3.8, 4) is 0 Å². The Morgan fingerprint density at radius 3 is 2.11 bits per heavy atom. The molecular formula is C41H70O15. The van der Waals surface area contributed by atoms with Gasteiger partial charge in [-0.3, -0.25) is 0 Å². The first kappa shape index (κ1) is 43.5. The predicted molar refractivity (Wildman–Crippen MR) is 197 cm³/mol. The molecule has 324 valence electrons. The number of hydrogen-bond acceptors (Lipinski definition) is 15.